The van der Waals surface area contributed by atoms with Gasteiger partial charge in [0.15, 0.2) is 0 Å². The normalized spacial score (nSPS) is 18.7. The second-order valence-electron chi connectivity index (χ2n) is 1.65. The first kappa shape index (κ1) is 4.63. The van der Waals surface area contributed by atoms with E-state index in [-0.39, 0.29) is 0 Å². The molecule has 1 heteroatoms. The van der Waals surface area contributed by atoms with Gasteiger partial charge in [-0.1, -0.05) is 0 Å². The van der Waals surface area contributed by atoms with Crippen LogP contribution in [0.1, 0.15) is 6.42 Å². The van der Waals surface area contributed by atoms with Crippen molar-refractivity contribution >= 4 is 27.9 Å². The van der Waals surface area contributed by atoms with Gasteiger partial charge in [-0.15, -0.1) is 0 Å². The monoisotopic (exact) mass is 88.0 g/mol. The summed E-state index contributed by atoms with van der Waals surface area (Å²) >= 11 is 1.25. The third-order valence-corrected chi connectivity index (χ3v) is 1.70. The molecule has 1 rings (SSSR count). The Morgan fingerprint density at radius 2 is 2.50 bits per heavy atom. The van der Waals surface area contributed by atoms with Gasteiger partial charge >= 0.3 is 55.4 Å². The Labute approximate surface area is 55.3 Å². The Morgan fingerprint density at radius 1 is 1.67 bits per heavy atom. The van der Waals surface area contributed by atoms with Gasteiger partial charge in [0, 0.05) is 0 Å². The Balaban J connectivity index is 2.61. The van der Waals surface area contributed by atoms with E-state index >= 15 is 0 Å². The zero-order valence-corrected chi connectivity index (χ0v) is 5.94. The molecule has 1 aliphatic rings. The van der Waals surface area contributed by atoms with Gasteiger partial charge in [-0.05, 0) is 0 Å². The summed E-state index contributed by atoms with van der Waals surface area (Å²) in [4.78, 5) is 0. The summed E-state index contributed by atoms with van der Waals surface area (Å²) in [5, 5.41) is 0. The number of hydrogen-bond acceptors (Lipinski definition) is 0. The molecule has 0 fully saturated rings. The predicted octanol–water partition coefficient (Wildman–Crippen LogP) is 0.999. The molecule has 0 saturated heterocycles. The zero-order chi connectivity index (χ0) is 4.41. The van der Waals surface area contributed by atoms with E-state index in [1.807, 2.05) is 0 Å². The van der Waals surface area contributed by atoms with Gasteiger partial charge < -0.3 is 0 Å². The Morgan fingerprint density at radius 3 is 2.67 bits per heavy atom. The fourth-order valence-corrected chi connectivity index (χ4v) is 0.982. The second-order valence-corrected chi connectivity index (χ2v) is 2.93. The van der Waals surface area contributed by atoms with E-state index in [0.717, 1.165) is 0 Å². The number of rotatable bonds is 0. The van der Waals surface area contributed by atoms with Crippen LogP contribution in [0.4, 0.5) is 0 Å². The van der Waals surface area contributed by atoms with Crippen LogP contribution in [-0.2, 0) is 0 Å². The number of hydrogen-bond donors (Lipinski definition) is 0. The van der Waals surface area contributed by atoms with E-state index in [2.05, 4.69) is 18.2 Å². The van der Waals surface area contributed by atoms with Gasteiger partial charge in [-0.25, -0.2) is 0 Å². The van der Waals surface area contributed by atoms with Crippen molar-refractivity contribution in [2.45, 2.75) is 6.42 Å². The average molecular weight is 88.1 g/mol. The first-order chi connectivity index (χ1) is 2.89. The molecule has 0 N–H and O–H groups in total. The van der Waals surface area contributed by atoms with Crippen molar-refractivity contribution in [1.29, 1.82) is 0 Å². The molecule has 0 atom stereocenters. The molecule has 0 amide bonds. The van der Waals surface area contributed by atoms with Crippen LogP contribution >= 0.6 is 0 Å². The molecule has 26 valence electrons. The van der Waals surface area contributed by atoms with Gasteiger partial charge in [0.05, 0.1) is 0 Å². The van der Waals surface area contributed by atoms with Crippen LogP contribution in [0.15, 0.2) is 21.1 Å². The van der Waals surface area contributed by atoms with Crippen LogP contribution in [0.25, 0.3) is 0 Å². The first-order valence-electron chi connectivity index (χ1n) is 2.22. The van der Waals surface area contributed by atoms with Crippen molar-refractivity contribution in [1.82, 2.24) is 0 Å². The molecule has 0 aliphatic heterocycles. The van der Waals surface area contributed by atoms with Gasteiger partial charge in [0.1, 0.15) is 0 Å². The van der Waals surface area contributed by atoms with Crippen molar-refractivity contribution in [3.8, 4) is 0 Å². The molecular weight excluding hydrogens is 83.0 g/mol. The van der Waals surface area contributed by atoms with E-state index in [1.54, 1.807) is 2.82 Å². The summed E-state index contributed by atoms with van der Waals surface area (Å²) < 4.78 is 1.61. The molecule has 6 heavy (non-hydrogen) atoms. The molecule has 1 aliphatic carbocycles. The number of allylic oxidation sites excluding steroid dienone is 4. The van der Waals surface area contributed by atoms with Crippen molar-refractivity contribution in [2.24, 2.45) is 0 Å². The summed E-state index contributed by atoms with van der Waals surface area (Å²) in [6.45, 7) is 0. The predicted molar refractivity (Wildman–Crippen MR) is 27.6 cm³/mol. The maximum absolute atomic E-state index is 2.20. The summed E-state index contributed by atoms with van der Waals surface area (Å²) in [6, 6.07) is 0. The van der Waals surface area contributed by atoms with Crippen LogP contribution in [-0.4, -0.2) is 27.9 Å². The average Bonchev–Trinajstić information content (AvgIpc) is 1.86. The molecule has 0 aromatic rings. The van der Waals surface area contributed by atoms with Crippen molar-refractivity contribution in [2.75, 3.05) is 0 Å². The van der Waals surface area contributed by atoms with Gasteiger partial charge in [-0.2, -0.15) is 0 Å². The maximum atomic E-state index is 2.20. The molecular formula is C5H5Na. The van der Waals surface area contributed by atoms with E-state index in [0.29, 0.717) is 0 Å². The summed E-state index contributed by atoms with van der Waals surface area (Å²) in [5.74, 6) is 0. The Kier molecular flexibility index (Phi) is 1.52. The Hall–Kier alpha value is 0.480. The van der Waals surface area contributed by atoms with Crippen molar-refractivity contribution in [3.05, 3.63) is 21.1 Å². The van der Waals surface area contributed by atoms with Crippen LogP contribution in [0.2, 0.25) is 0 Å². The molecule has 0 heterocycles. The van der Waals surface area contributed by atoms with E-state index in [4.69, 9.17) is 0 Å². The molecule has 0 saturated carbocycles. The molecule has 0 radical (unpaired) electrons. The minimum absolute atomic E-state index is 1.23. The van der Waals surface area contributed by atoms with E-state index < -0.39 is 0 Å². The summed E-state index contributed by atoms with van der Waals surface area (Å²) in [6.07, 6.45) is 7.75. The van der Waals surface area contributed by atoms with Crippen LogP contribution in [0.3, 0.4) is 0 Å². The molecule has 0 nitrogen and oxygen atoms in total. The van der Waals surface area contributed by atoms with E-state index in [1.165, 1.54) is 34.4 Å². The van der Waals surface area contributed by atoms with Gasteiger partial charge in [-0.3, -0.25) is 0 Å². The molecule has 0 aromatic carbocycles. The Bertz CT molecular complexity index is 101. The standard InChI is InChI=1S/C5H5.Na/c1-2-4-5-3-1;/h1-3H,4H2;. The van der Waals surface area contributed by atoms with Crippen molar-refractivity contribution in [3.63, 3.8) is 0 Å². The van der Waals surface area contributed by atoms with Crippen LogP contribution in [0, 0.1) is 0 Å². The summed E-state index contributed by atoms with van der Waals surface area (Å²) in [7, 11) is 0. The molecule has 0 unspecified atom stereocenters. The SMILES string of the molecule is [Na][C]1=CC=CC1. The third-order valence-electron chi connectivity index (χ3n) is 0.957. The topological polar surface area (TPSA) is 0 Å². The fourth-order valence-electron chi connectivity index (χ4n) is 0.554. The van der Waals surface area contributed by atoms with Crippen molar-refractivity contribution < 1.29 is 0 Å². The van der Waals surface area contributed by atoms with Gasteiger partial charge in [0.2, 0.25) is 0 Å². The summed E-state index contributed by atoms with van der Waals surface area (Å²) in [5.41, 5.74) is 0. The minimum atomic E-state index is 1.23. The first-order valence-corrected chi connectivity index (χ1v) is 3.22. The fraction of sp³-hybridized carbons (Fsp3) is 0.200. The van der Waals surface area contributed by atoms with Gasteiger partial charge in [0.25, 0.3) is 0 Å². The van der Waals surface area contributed by atoms with E-state index in [9.17, 15) is 0 Å². The van der Waals surface area contributed by atoms with Crippen LogP contribution < -0.4 is 0 Å². The second kappa shape index (κ2) is 1.97. The molecule has 0 bridgehead atoms. The zero-order valence-electron chi connectivity index (χ0n) is 3.94. The third kappa shape index (κ3) is 0.970. The van der Waals surface area contributed by atoms with Crippen LogP contribution in [0.5, 0.6) is 0 Å². The molecule has 0 aromatic heterocycles. The molecule has 0 spiro atoms. The quantitative estimate of drug-likeness (QED) is 0.387.